The highest BCUT2D eigenvalue weighted by molar-refractivity contribution is 7.91. The molecule has 0 bridgehead atoms. The number of ether oxygens (including phenoxy) is 1. The van der Waals surface area contributed by atoms with Crippen LogP contribution in [-0.4, -0.2) is 51.8 Å². The molecule has 152 valence electrons. The molecule has 0 radical (unpaired) electrons. The molecule has 28 heavy (non-hydrogen) atoms. The van der Waals surface area contributed by atoms with Crippen LogP contribution in [-0.2, 0) is 16.4 Å². The van der Waals surface area contributed by atoms with Gasteiger partial charge in [-0.1, -0.05) is 30.3 Å². The van der Waals surface area contributed by atoms with Gasteiger partial charge in [-0.05, 0) is 43.7 Å². The van der Waals surface area contributed by atoms with Gasteiger partial charge in [0, 0.05) is 20.1 Å². The molecule has 7 heteroatoms. The van der Waals surface area contributed by atoms with Gasteiger partial charge < -0.3 is 15.0 Å². The number of guanidine groups is 1. The van der Waals surface area contributed by atoms with Crippen molar-refractivity contribution in [2.45, 2.75) is 25.3 Å². The monoisotopic (exact) mass is 403 g/mol. The summed E-state index contributed by atoms with van der Waals surface area (Å²) in [5.74, 6) is 1.50. The summed E-state index contributed by atoms with van der Waals surface area (Å²) in [5, 5.41) is 3.22. The van der Waals surface area contributed by atoms with Crippen molar-refractivity contribution in [3.8, 4) is 5.75 Å². The van der Waals surface area contributed by atoms with Gasteiger partial charge in [0.05, 0.1) is 23.8 Å². The molecular formula is C21H29N3O3S. The first-order chi connectivity index (χ1) is 13.5. The molecule has 0 saturated carbocycles. The fourth-order valence-electron chi connectivity index (χ4n) is 2.69. The van der Waals surface area contributed by atoms with E-state index in [4.69, 9.17) is 4.74 Å². The van der Waals surface area contributed by atoms with Crippen molar-refractivity contribution in [1.82, 2.24) is 10.2 Å². The van der Waals surface area contributed by atoms with Crippen LogP contribution >= 0.6 is 0 Å². The van der Waals surface area contributed by atoms with E-state index in [0.717, 1.165) is 11.3 Å². The third-order valence-electron chi connectivity index (χ3n) is 4.07. The number of benzene rings is 2. The highest BCUT2D eigenvalue weighted by Crippen LogP contribution is 2.13. The van der Waals surface area contributed by atoms with Crippen LogP contribution in [0.15, 0.2) is 64.5 Å². The standard InChI is InChI=1S/C21H29N3O3S/c1-4-22-21(23-15-16-28(25,26)20-9-7-6-8-10-20)24(3)17-18-11-13-19(14-12-18)27-5-2/h6-14H,4-5,15-17H2,1-3H3,(H,22,23). The maximum absolute atomic E-state index is 12.4. The number of hydrogen-bond donors (Lipinski definition) is 1. The SMILES string of the molecule is CCNC(=NCCS(=O)(=O)c1ccccc1)N(C)Cc1ccc(OCC)cc1. The Bertz CT molecular complexity index is 850. The zero-order valence-electron chi connectivity index (χ0n) is 16.8. The van der Waals surface area contributed by atoms with E-state index in [1.165, 1.54) is 0 Å². The Morgan fingerprint density at radius 1 is 1.07 bits per heavy atom. The molecule has 6 nitrogen and oxygen atoms in total. The average Bonchev–Trinajstić information content (AvgIpc) is 2.69. The first-order valence-electron chi connectivity index (χ1n) is 9.45. The van der Waals surface area contributed by atoms with Crippen molar-refractivity contribution in [1.29, 1.82) is 0 Å². The molecule has 0 amide bonds. The lowest BCUT2D eigenvalue weighted by molar-refractivity contribution is 0.340. The molecule has 0 aliphatic heterocycles. The van der Waals surface area contributed by atoms with Crippen molar-refractivity contribution < 1.29 is 13.2 Å². The molecule has 1 N–H and O–H groups in total. The summed E-state index contributed by atoms with van der Waals surface area (Å²) in [6.45, 7) is 6.15. The second kappa shape index (κ2) is 10.7. The molecule has 0 fully saturated rings. The van der Waals surface area contributed by atoms with Crippen LogP contribution in [0.2, 0.25) is 0 Å². The summed E-state index contributed by atoms with van der Waals surface area (Å²) >= 11 is 0. The Hall–Kier alpha value is -2.54. The molecule has 2 aromatic carbocycles. The van der Waals surface area contributed by atoms with Crippen LogP contribution in [0.4, 0.5) is 0 Å². The molecule has 2 aromatic rings. The van der Waals surface area contributed by atoms with Gasteiger partial charge in [-0.15, -0.1) is 0 Å². The van der Waals surface area contributed by atoms with Crippen LogP contribution < -0.4 is 10.1 Å². The molecule has 2 rings (SSSR count). The van der Waals surface area contributed by atoms with Crippen molar-refractivity contribution in [2.75, 3.05) is 32.5 Å². The number of nitrogens with zero attached hydrogens (tertiary/aromatic N) is 2. The van der Waals surface area contributed by atoms with Gasteiger partial charge in [-0.3, -0.25) is 4.99 Å². The van der Waals surface area contributed by atoms with Crippen LogP contribution in [0.1, 0.15) is 19.4 Å². The summed E-state index contributed by atoms with van der Waals surface area (Å²) in [6.07, 6.45) is 0. The Labute approximate surface area is 168 Å². The molecule has 0 aliphatic rings. The number of rotatable bonds is 9. The topological polar surface area (TPSA) is 71.0 Å². The van der Waals surface area contributed by atoms with E-state index >= 15 is 0 Å². The van der Waals surface area contributed by atoms with E-state index < -0.39 is 9.84 Å². The van der Waals surface area contributed by atoms with Gasteiger partial charge in [0.1, 0.15) is 5.75 Å². The minimum Gasteiger partial charge on any atom is -0.494 e. The quantitative estimate of drug-likeness (QED) is 0.515. The second-order valence-corrected chi connectivity index (χ2v) is 8.41. The highest BCUT2D eigenvalue weighted by atomic mass is 32.2. The molecule has 0 aromatic heterocycles. The Balaban J connectivity index is 2.00. The van der Waals surface area contributed by atoms with Crippen LogP contribution in [0.5, 0.6) is 5.75 Å². The summed E-state index contributed by atoms with van der Waals surface area (Å²) in [7, 11) is -1.40. The van der Waals surface area contributed by atoms with Crippen molar-refractivity contribution in [2.24, 2.45) is 4.99 Å². The first kappa shape index (κ1) is 21.8. The van der Waals surface area contributed by atoms with E-state index in [0.29, 0.717) is 30.6 Å². The van der Waals surface area contributed by atoms with Gasteiger partial charge in [0.2, 0.25) is 0 Å². The van der Waals surface area contributed by atoms with Gasteiger partial charge in [-0.2, -0.15) is 0 Å². The molecule has 0 aliphatic carbocycles. The predicted molar refractivity (Wildman–Crippen MR) is 114 cm³/mol. The lowest BCUT2D eigenvalue weighted by Gasteiger charge is -2.22. The molecular weight excluding hydrogens is 374 g/mol. The fourth-order valence-corrected chi connectivity index (χ4v) is 3.83. The summed E-state index contributed by atoms with van der Waals surface area (Å²) in [4.78, 5) is 6.81. The molecule has 0 atom stereocenters. The third-order valence-corrected chi connectivity index (χ3v) is 5.78. The highest BCUT2D eigenvalue weighted by Gasteiger charge is 2.14. The van der Waals surface area contributed by atoms with E-state index in [9.17, 15) is 8.42 Å². The summed E-state index contributed by atoms with van der Waals surface area (Å²) < 4.78 is 30.3. The molecule has 0 saturated heterocycles. The maximum atomic E-state index is 12.4. The molecule has 0 heterocycles. The fraction of sp³-hybridized carbons (Fsp3) is 0.381. The minimum absolute atomic E-state index is 0.0250. The summed E-state index contributed by atoms with van der Waals surface area (Å²) in [5.41, 5.74) is 1.12. The van der Waals surface area contributed by atoms with Gasteiger partial charge in [-0.25, -0.2) is 8.42 Å². The minimum atomic E-state index is -3.33. The Morgan fingerprint density at radius 2 is 1.75 bits per heavy atom. The summed E-state index contributed by atoms with van der Waals surface area (Å²) in [6, 6.07) is 16.4. The molecule has 0 unspecified atom stereocenters. The number of sulfone groups is 1. The normalized spacial score (nSPS) is 11.9. The maximum Gasteiger partial charge on any atom is 0.193 e. The number of nitrogens with one attached hydrogen (secondary N) is 1. The average molecular weight is 404 g/mol. The van der Waals surface area contributed by atoms with Gasteiger partial charge in [0.15, 0.2) is 15.8 Å². The third kappa shape index (κ3) is 6.56. The second-order valence-electron chi connectivity index (χ2n) is 6.30. The van der Waals surface area contributed by atoms with Crippen molar-refractivity contribution in [3.05, 3.63) is 60.2 Å². The van der Waals surface area contributed by atoms with E-state index in [1.54, 1.807) is 30.3 Å². The lowest BCUT2D eigenvalue weighted by atomic mass is 10.2. The van der Waals surface area contributed by atoms with Crippen LogP contribution in [0.25, 0.3) is 0 Å². The van der Waals surface area contributed by atoms with Crippen molar-refractivity contribution >= 4 is 15.8 Å². The van der Waals surface area contributed by atoms with E-state index in [-0.39, 0.29) is 12.3 Å². The van der Waals surface area contributed by atoms with Gasteiger partial charge in [0.25, 0.3) is 0 Å². The van der Waals surface area contributed by atoms with E-state index in [1.807, 2.05) is 50.1 Å². The Morgan fingerprint density at radius 3 is 2.36 bits per heavy atom. The van der Waals surface area contributed by atoms with Crippen molar-refractivity contribution in [3.63, 3.8) is 0 Å². The first-order valence-corrected chi connectivity index (χ1v) is 11.1. The zero-order valence-corrected chi connectivity index (χ0v) is 17.6. The Kier molecular flexibility index (Phi) is 8.32. The smallest absolute Gasteiger partial charge is 0.193 e. The lowest BCUT2D eigenvalue weighted by Crippen LogP contribution is -2.38. The van der Waals surface area contributed by atoms with E-state index in [2.05, 4.69) is 10.3 Å². The van der Waals surface area contributed by atoms with Crippen LogP contribution in [0, 0.1) is 0 Å². The number of aliphatic imine (C=N–C) groups is 1. The number of hydrogen-bond acceptors (Lipinski definition) is 4. The largest absolute Gasteiger partial charge is 0.494 e. The van der Waals surface area contributed by atoms with Gasteiger partial charge >= 0.3 is 0 Å². The molecule has 0 spiro atoms. The van der Waals surface area contributed by atoms with Crippen LogP contribution in [0.3, 0.4) is 0 Å². The predicted octanol–water partition coefficient (Wildman–Crippen LogP) is 2.96. The zero-order chi connectivity index (χ0) is 20.4.